The molecular weight excluding hydrogens is 406 g/mol. The SMILES string of the molecule is Cc1cnc(N[C@H]2CC[C@@H](NS(=O)(=O)c3cccs3)CC2)nc1N(C)C.Cl. The van der Waals surface area contributed by atoms with Gasteiger partial charge in [-0.25, -0.2) is 18.1 Å². The molecule has 0 unspecified atom stereocenters. The molecule has 0 spiro atoms. The number of halogens is 1. The summed E-state index contributed by atoms with van der Waals surface area (Å²) in [5.41, 5.74) is 1.03. The molecule has 10 heteroatoms. The van der Waals surface area contributed by atoms with Gasteiger partial charge in [0.15, 0.2) is 0 Å². The molecule has 1 fully saturated rings. The number of nitrogens with zero attached hydrogens (tertiary/aromatic N) is 3. The molecule has 1 saturated carbocycles. The fraction of sp³-hybridized carbons (Fsp3) is 0.529. The van der Waals surface area contributed by atoms with Gasteiger partial charge in [0, 0.05) is 37.9 Å². The van der Waals surface area contributed by atoms with Crippen molar-refractivity contribution in [2.75, 3.05) is 24.3 Å². The molecule has 3 rings (SSSR count). The summed E-state index contributed by atoms with van der Waals surface area (Å²) in [7, 11) is 0.530. The highest BCUT2D eigenvalue weighted by molar-refractivity contribution is 7.91. The van der Waals surface area contributed by atoms with Gasteiger partial charge in [0.1, 0.15) is 10.0 Å². The van der Waals surface area contributed by atoms with Crippen molar-refractivity contribution in [3.63, 3.8) is 0 Å². The van der Waals surface area contributed by atoms with Gasteiger partial charge in [0.2, 0.25) is 16.0 Å². The average Bonchev–Trinajstić information content (AvgIpc) is 3.13. The maximum Gasteiger partial charge on any atom is 0.250 e. The van der Waals surface area contributed by atoms with Crippen LogP contribution in [0.4, 0.5) is 11.8 Å². The number of aryl methyl sites for hydroxylation is 1. The molecule has 150 valence electrons. The van der Waals surface area contributed by atoms with E-state index >= 15 is 0 Å². The van der Waals surface area contributed by atoms with Gasteiger partial charge in [0.25, 0.3) is 0 Å². The van der Waals surface area contributed by atoms with Crippen molar-refractivity contribution in [1.29, 1.82) is 0 Å². The molecule has 1 aliphatic carbocycles. The Morgan fingerprint density at radius 1 is 1.19 bits per heavy atom. The molecule has 2 heterocycles. The van der Waals surface area contributed by atoms with Crippen LogP contribution in [0.5, 0.6) is 0 Å². The summed E-state index contributed by atoms with van der Waals surface area (Å²) in [6, 6.07) is 3.63. The summed E-state index contributed by atoms with van der Waals surface area (Å²) >= 11 is 1.24. The maximum absolute atomic E-state index is 12.3. The number of hydrogen-bond donors (Lipinski definition) is 2. The van der Waals surface area contributed by atoms with Crippen LogP contribution in [-0.2, 0) is 10.0 Å². The fourth-order valence-electron chi connectivity index (χ4n) is 3.19. The largest absolute Gasteiger partial charge is 0.362 e. The molecule has 0 aromatic carbocycles. The van der Waals surface area contributed by atoms with Gasteiger partial charge in [-0.1, -0.05) is 6.07 Å². The van der Waals surface area contributed by atoms with Crippen LogP contribution in [-0.4, -0.2) is 44.6 Å². The lowest BCUT2D eigenvalue weighted by Crippen LogP contribution is -2.40. The molecule has 0 amide bonds. The van der Waals surface area contributed by atoms with Crippen LogP contribution in [0.25, 0.3) is 0 Å². The smallest absolute Gasteiger partial charge is 0.250 e. The lowest BCUT2D eigenvalue weighted by molar-refractivity contribution is 0.386. The summed E-state index contributed by atoms with van der Waals surface area (Å²) < 4.78 is 27.9. The Morgan fingerprint density at radius 3 is 2.44 bits per heavy atom. The molecule has 1 aliphatic rings. The van der Waals surface area contributed by atoms with E-state index in [2.05, 4.69) is 20.0 Å². The highest BCUT2D eigenvalue weighted by atomic mass is 35.5. The highest BCUT2D eigenvalue weighted by Gasteiger charge is 2.26. The Hall–Kier alpha value is -1.42. The van der Waals surface area contributed by atoms with Crippen molar-refractivity contribution < 1.29 is 8.42 Å². The van der Waals surface area contributed by atoms with E-state index < -0.39 is 10.0 Å². The van der Waals surface area contributed by atoms with Crippen molar-refractivity contribution in [2.24, 2.45) is 0 Å². The highest BCUT2D eigenvalue weighted by Crippen LogP contribution is 2.24. The third-order valence-corrected chi connectivity index (χ3v) is 7.43. The molecule has 7 nitrogen and oxygen atoms in total. The van der Waals surface area contributed by atoms with Crippen molar-refractivity contribution in [1.82, 2.24) is 14.7 Å². The Kier molecular flexibility index (Phi) is 7.44. The number of sulfonamides is 1. The van der Waals surface area contributed by atoms with E-state index in [1.807, 2.05) is 32.1 Å². The normalized spacial score (nSPS) is 20.0. The van der Waals surface area contributed by atoms with Crippen LogP contribution >= 0.6 is 23.7 Å². The number of thiophene rings is 1. The van der Waals surface area contributed by atoms with E-state index in [1.54, 1.807) is 17.5 Å². The number of nitrogens with one attached hydrogen (secondary N) is 2. The Labute approximate surface area is 171 Å². The molecule has 2 aromatic heterocycles. The summed E-state index contributed by atoms with van der Waals surface area (Å²) in [5, 5.41) is 5.17. The summed E-state index contributed by atoms with van der Waals surface area (Å²) in [4.78, 5) is 10.9. The van der Waals surface area contributed by atoms with E-state index in [-0.39, 0.29) is 24.5 Å². The zero-order chi connectivity index (χ0) is 18.7. The zero-order valence-electron chi connectivity index (χ0n) is 15.7. The second-order valence-electron chi connectivity index (χ2n) is 6.84. The number of aromatic nitrogens is 2. The van der Waals surface area contributed by atoms with Gasteiger partial charge in [-0.05, 0) is 44.1 Å². The van der Waals surface area contributed by atoms with Gasteiger partial charge in [-0.15, -0.1) is 23.7 Å². The molecule has 0 radical (unpaired) electrons. The Balaban J connectivity index is 0.00000261. The molecule has 27 heavy (non-hydrogen) atoms. The van der Waals surface area contributed by atoms with E-state index in [0.29, 0.717) is 10.2 Å². The van der Waals surface area contributed by atoms with Crippen LogP contribution in [0.3, 0.4) is 0 Å². The molecule has 0 atom stereocenters. The lowest BCUT2D eigenvalue weighted by Gasteiger charge is -2.29. The Bertz CT molecular complexity index is 835. The minimum atomic E-state index is -3.39. The van der Waals surface area contributed by atoms with E-state index in [4.69, 9.17) is 0 Å². The molecular formula is C17H26ClN5O2S2. The predicted molar refractivity (Wildman–Crippen MR) is 113 cm³/mol. The van der Waals surface area contributed by atoms with E-state index in [0.717, 1.165) is 37.1 Å². The van der Waals surface area contributed by atoms with Crippen LogP contribution in [0.2, 0.25) is 0 Å². The minimum absolute atomic E-state index is 0. The monoisotopic (exact) mass is 431 g/mol. The number of rotatable bonds is 6. The number of anilines is 2. The third-order valence-electron chi connectivity index (χ3n) is 4.51. The zero-order valence-corrected chi connectivity index (χ0v) is 18.1. The first-order chi connectivity index (χ1) is 12.3. The van der Waals surface area contributed by atoms with Crippen molar-refractivity contribution in [3.8, 4) is 0 Å². The Morgan fingerprint density at radius 2 is 1.85 bits per heavy atom. The van der Waals surface area contributed by atoms with Crippen molar-refractivity contribution in [3.05, 3.63) is 29.3 Å². The minimum Gasteiger partial charge on any atom is -0.362 e. The lowest BCUT2D eigenvalue weighted by atomic mass is 9.92. The number of hydrogen-bond acceptors (Lipinski definition) is 7. The standard InChI is InChI=1S/C17H25N5O2S2.ClH/c1-12-11-18-17(20-16(12)22(2)3)19-13-6-8-14(9-7-13)21-26(23,24)15-5-4-10-25-15;/h4-5,10-11,13-14,21H,6-9H2,1-3H3,(H,18,19,20);1H/t13-,14+;. The second-order valence-corrected chi connectivity index (χ2v) is 9.73. The van der Waals surface area contributed by atoms with Gasteiger partial charge in [-0.2, -0.15) is 4.98 Å². The van der Waals surface area contributed by atoms with E-state index in [9.17, 15) is 8.42 Å². The second kappa shape index (κ2) is 9.18. The molecule has 0 aliphatic heterocycles. The summed E-state index contributed by atoms with van der Waals surface area (Å²) in [6.45, 7) is 1.99. The van der Waals surface area contributed by atoms with Crippen molar-refractivity contribution in [2.45, 2.75) is 48.9 Å². The van der Waals surface area contributed by atoms with Gasteiger partial charge in [0.05, 0.1) is 0 Å². The van der Waals surface area contributed by atoms with Gasteiger partial charge < -0.3 is 10.2 Å². The van der Waals surface area contributed by atoms with Crippen LogP contribution in [0.1, 0.15) is 31.2 Å². The third kappa shape index (κ3) is 5.54. The maximum atomic E-state index is 12.3. The van der Waals surface area contributed by atoms with Crippen molar-refractivity contribution >= 4 is 45.5 Å². The molecule has 0 bridgehead atoms. The quantitative estimate of drug-likeness (QED) is 0.730. The molecule has 0 saturated heterocycles. The summed E-state index contributed by atoms with van der Waals surface area (Å²) in [6.07, 6.45) is 5.19. The van der Waals surface area contributed by atoms with Crippen LogP contribution in [0, 0.1) is 6.92 Å². The van der Waals surface area contributed by atoms with Gasteiger partial charge >= 0.3 is 0 Å². The van der Waals surface area contributed by atoms with Gasteiger partial charge in [-0.3, -0.25) is 0 Å². The average molecular weight is 432 g/mol. The first kappa shape index (κ1) is 21.9. The molecule has 2 aromatic rings. The van der Waals surface area contributed by atoms with Crippen LogP contribution < -0.4 is 14.9 Å². The first-order valence-electron chi connectivity index (χ1n) is 8.68. The topological polar surface area (TPSA) is 87.2 Å². The predicted octanol–water partition coefficient (Wildman–Crippen LogP) is 3.04. The first-order valence-corrected chi connectivity index (χ1v) is 11.0. The van der Waals surface area contributed by atoms with E-state index in [1.165, 1.54) is 11.3 Å². The van der Waals surface area contributed by atoms with Crippen LogP contribution in [0.15, 0.2) is 27.9 Å². The molecule has 2 N–H and O–H groups in total. The summed E-state index contributed by atoms with van der Waals surface area (Å²) in [5.74, 6) is 1.53. The fourth-order valence-corrected chi connectivity index (χ4v) is 5.50.